The fourth-order valence-electron chi connectivity index (χ4n) is 11.8. The summed E-state index contributed by atoms with van der Waals surface area (Å²) in [5, 5.41) is 71.7. The number of carbonyl (C=O) groups excluding carboxylic acids is 13. The van der Waals surface area contributed by atoms with Gasteiger partial charge in [-0.2, -0.15) is 35.3 Å². The SMILES string of the molecule is C[C@H](N)C(=O)N[C@H]1CSCc2cc3cc(c2)CSC[C@@H](C(=O)NCC(=O)O)NC(=O)[C@@H]2CCCN2C(=O)[C@H](Cc2ccccc2)NC(=O)[C@H](CCCN=C(N)N)NC(=O)[C@H](C)NC(=O)[C@H]([C@@H](C)O)NC(=O)[C@H](CSC3)NC(=O)[C@H](CC(=O)O)NC(=O)[C@H](CO)NC(=O)[C@H](Cc2cnc[nH]2)NC(=O)[C@H](CCCCN)NC1=O. The molecule has 0 radical (unpaired) electrons. The van der Waals surface area contributed by atoms with E-state index in [-0.39, 0.29) is 111 Å². The van der Waals surface area contributed by atoms with Crippen molar-refractivity contribution in [3.63, 3.8) is 0 Å². The van der Waals surface area contributed by atoms with Crippen molar-refractivity contribution in [1.29, 1.82) is 0 Å². The lowest BCUT2D eigenvalue weighted by Crippen LogP contribution is -2.62. The number of amides is 13. The van der Waals surface area contributed by atoms with E-state index in [2.05, 4.69) is 78.8 Å². The second-order valence-corrected chi connectivity index (χ2v) is 29.9. The molecule has 0 spiro atoms. The monoisotopic (exact) mass is 1610 g/mol. The van der Waals surface area contributed by atoms with Crippen LogP contribution in [0.4, 0.5) is 0 Å². The Balaban J connectivity index is 1.49. The van der Waals surface area contributed by atoms with Crippen LogP contribution in [-0.4, -0.2) is 265 Å². The van der Waals surface area contributed by atoms with Crippen LogP contribution in [0.15, 0.2) is 66.0 Å². The molecule has 42 heteroatoms. The molecule has 13 amide bonds. The lowest BCUT2D eigenvalue weighted by molar-refractivity contribution is -0.142. The number of H-pyrrole nitrogens is 1. The Morgan fingerprint density at radius 2 is 1.22 bits per heavy atom. The number of thioether (sulfide) groups is 3. The maximum Gasteiger partial charge on any atom is 0.322 e. The molecule has 608 valence electrons. The minimum atomic E-state index is -2.11. The summed E-state index contributed by atoms with van der Waals surface area (Å²) in [5.74, 6) is -17.2. The number of rotatable bonds is 21. The minimum absolute atomic E-state index is 0.0113. The molecule has 1 aromatic heterocycles. The quantitative estimate of drug-likeness (QED) is 0.0268. The average Bonchev–Trinajstić information content (AvgIpc) is 1.70. The molecule has 4 heterocycles. The number of aliphatic hydroxyl groups is 2. The summed E-state index contributed by atoms with van der Waals surface area (Å²) in [6, 6.07) is -6.87. The van der Waals surface area contributed by atoms with Crippen molar-refractivity contribution in [3.8, 4) is 0 Å². The van der Waals surface area contributed by atoms with Crippen LogP contribution in [0.5, 0.6) is 0 Å². The summed E-state index contributed by atoms with van der Waals surface area (Å²) in [7, 11) is 0. The number of nitrogens with two attached hydrogens (primary N) is 4. The number of carbonyl (C=O) groups is 15. The number of aliphatic imine (C=N–C) groups is 1. The molecule has 6 rings (SSSR count). The maximum atomic E-state index is 15.0. The van der Waals surface area contributed by atoms with Gasteiger partial charge in [0.25, 0.3) is 0 Å². The van der Waals surface area contributed by atoms with Crippen molar-refractivity contribution < 1.29 is 92.3 Å². The summed E-state index contributed by atoms with van der Waals surface area (Å²) in [6.45, 7) is 1.81. The van der Waals surface area contributed by atoms with E-state index in [1.807, 2.05) is 0 Å². The molecule has 25 N–H and O–H groups in total. The highest BCUT2D eigenvalue weighted by atomic mass is 32.2. The van der Waals surface area contributed by atoms with Gasteiger partial charge in [-0.1, -0.05) is 48.5 Å². The van der Waals surface area contributed by atoms with Crippen LogP contribution in [0.1, 0.15) is 100 Å². The van der Waals surface area contributed by atoms with Crippen molar-refractivity contribution in [1.82, 2.24) is 78.7 Å². The predicted molar refractivity (Wildman–Crippen MR) is 407 cm³/mol. The molecule has 3 aliphatic rings. The predicted octanol–water partition coefficient (Wildman–Crippen LogP) is -6.46. The first-order valence-corrected chi connectivity index (χ1v) is 39.3. The van der Waals surface area contributed by atoms with Crippen LogP contribution in [0.3, 0.4) is 0 Å². The number of hydrogen-bond acceptors (Lipinski definition) is 24. The lowest BCUT2D eigenvalue weighted by Gasteiger charge is -2.31. The molecule has 3 aromatic rings. The van der Waals surface area contributed by atoms with Gasteiger partial charge in [-0.05, 0) is 94.5 Å². The van der Waals surface area contributed by atoms with E-state index in [1.54, 1.807) is 48.5 Å². The Hall–Kier alpha value is -10.1. The number of guanidine groups is 1. The number of aromatic amines is 1. The summed E-state index contributed by atoms with van der Waals surface area (Å²) in [4.78, 5) is 224. The van der Waals surface area contributed by atoms with Crippen molar-refractivity contribution in [2.75, 3.05) is 50.0 Å². The first kappa shape index (κ1) is 89.8. The Kier molecular flexibility index (Phi) is 36.6. The van der Waals surface area contributed by atoms with Gasteiger partial charge >= 0.3 is 11.9 Å². The standard InChI is InChI=1S/C69H100N20O19S3/c1-35(71)56(96)85-50-32-110-29-40-19-39-20-41(21-40)30-111-33-51(86-62(102)46(24-53(92)93)82-63(103)48(27-90)84-61(101)45(23-42-25-74-34-77-42)81-59(99)43(80-64(50)104)13-7-8-16-70)65(105)88-55(37(3)91)67(107)78-36(2)57(97)79-44(14-9-17-75-69(72)73)60(100)83-47(22-38-11-5-4-6-12-38)68(108)89-18-10-15-52(89)66(106)87-49(31-109-28-39)58(98)76-26-54(94)95/h4-6,11-12,19-21,25,34-37,43-52,55,90-91H,7-10,13-18,22-24,26-33,70-71H2,1-3H3,(H,74,77)(H,76,98)(H,78,107)(H,79,97)(H,80,104)(H,81,99)(H,82,103)(H,83,100)(H,84,101)(H,85,96)(H,86,102)(H,87,106)(H,88,105)(H,92,93)(H,94,95)(H4,72,73,75)/t35-,36-,37+,43-,44-,45-,46-,47-,48-,49-,50-,51-,52-,55-/m0/s1. The number of aromatic nitrogens is 2. The highest BCUT2D eigenvalue weighted by Crippen LogP contribution is 2.26. The van der Waals surface area contributed by atoms with Crippen molar-refractivity contribution in [2.24, 2.45) is 27.9 Å². The molecule has 0 aliphatic carbocycles. The number of benzene rings is 2. The molecule has 111 heavy (non-hydrogen) atoms. The molecule has 14 atom stereocenters. The number of hydrogen-bond donors (Lipinski definition) is 21. The van der Waals surface area contributed by atoms with Crippen molar-refractivity contribution in [3.05, 3.63) is 89.0 Å². The smallest absolute Gasteiger partial charge is 0.322 e. The highest BCUT2D eigenvalue weighted by Gasteiger charge is 2.42. The third-order valence-electron chi connectivity index (χ3n) is 17.6. The topological polar surface area (TPSA) is 630 Å². The zero-order chi connectivity index (χ0) is 81.4. The van der Waals surface area contributed by atoms with Gasteiger partial charge in [-0.15, -0.1) is 0 Å². The first-order valence-electron chi connectivity index (χ1n) is 35.9. The fourth-order valence-corrected chi connectivity index (χ4v) is 14.8. The van der Waals surface area contributed by atoms with Crippen LogP contribution in [0.25, 0.3) is 0 Å². The van der Waals surface area contributed by atoms with Gasteiger partial charge in [0, 0.05) is 72.3 Å². The van der Waals surface area contributed by atoms with Gasteiger partial charge in [-0.3, -0.25) is 76.9 Å². The number of nitrogens with one attached hydrogen (secondary N) is 13. The lowest BCUT2D eigenvalue weighted by atomic mass is 10.0. The van der Waals surface area contributed by atoms with Gasteiger partial charge < -0.3 is 117 Å². The van der Waals surface area contributed by atoms with E-state index in [4.69, 9.17) is 22.9 Å². The number of fused-ring (bicyclic) bond motifs is 6. The highest BCUT2D eigenvalue weighted by molar-refractivity contribution is 7.99. The molecule has 4 bridgehead atoms. The number of unbranched alkanes of at least 4 members (excludes halogenated alkanes) is 1. The van der Waals surface area contributed by atoms with Crippen LogP contribution in [0.2, 0.25) is 0 Å². The number of aliphatic hydroxyl groups excluding tert-OH is 2. The summed E-state index contributed by atoms with van der Waals surface area (Å²) >= 11 is 3.25. The van der Waals surface area contributed by atoms with Gasteiger partial charge in [0.15, 0.2) is 5.96 Å². The number of imidazole rings is 1. The number of aliphatic carboxylic acids is 2. The molecule has 39 nitrogen and oxygen atoms in total. The molecule has 3 aliphatic heterocycles. The summed E-state index contributed by atoms with van der Waals surface area (Å²) in [5.41, 5.74) is 25.4. The van der Waals surface area contributed by atoms with E-state index in [0.717, 1.165) is 42.2 Å². The third kappa shape index (κ3) is 29.6. The van der Waals surface area contributed by atoms with Gasteiger partial charge in [0.2, 0.25) is 76.8 Å². The van der Waals surface area contributed by atoms with Gasteiger partial charge in [-0.25, -0.2) is 4.98 Å². The normalized spacial score (nSPS) is 25.1. The van der Waals surface area contributed by atoms with E-state index in [9.17, 15) is 87.5 Å². The minimum Gasteiger partial charge on any atom is -0.481 e. The summed E-state index contributed by atoms with van der Waals surface area (Å²) < 4.78 is 0. The molecular weight excluding hydrogens is 1510 g/mol. The van der Waals surface area contributed by atoms with Crippen molar-refractivity contribution in [2.45, 2.75) is 187 Å². The third-order valence-corrected chi connectivity index (χ3v) is 21.0. The molecule has 0 saturated carbocycles. The first-order chi connectivity index (χ1) is 52.8. The number of carboxylic acid groups (broad SMARTS) is 2. The van der Waals surface area contributed by atoms with Crippen LogP contribution >= 0.6 is 35.3 Å². The van der Waals surface area contributed by atoms with Crippen LogP contribution in [0, 0.1) is 0 Å². The molecule has 0 unspecified atom stereocenters. The van der Waals surface area contributed by atoms with E-state index in [0.29, 0.717) is 28.7 Å². The fraction of sp³-hybridized carbons (Fsp3) is 0.551. The summed E-state index contributed by atoms with van der Waals surface area (Å²) in [6.07, 6.45) is -0.0398. The molecule has 2 aromatic carbocycles. The molecular formula is C69H100N20O19S3. The average molecular weight is 1610 g/mol. The van der Waals surface area contributed by atoms with E-state index in [1.165, 1.54) is 31.3 Å². The van der Waals surface area contributed by atoms with Gasteiger partial charge in [0.1, 0.15) is 79.0 Å². The number of carboxylic acids is 2. The Morgan fingerprint density at radius 3 is 1.81 bits per heavy atom. The molecule has 1 fully saturated rings. The van der Waals surface area contributed by atoms with Crippen LogP contribution < -0.4 is 86.7 Å². The van der Waals surface area contributed by atoms with E-state index >= 15 is 4.79 Å². The van der Waals surface area contributed by atoms with Gasteiger partial charge in [0.05, 0.1) is 31.5 Å². The van der Waals surface area contributed by atoms with Crippen molar-refractivity contribution >= 4 is 130 Å². The Labute approximate surface area is 651 Å². The Bertz CT molecular complexity index is 3780. The number of nitrogens with zero attached hydrogens (tertiary/aromatic N) is 3. The zero-order valence-electron chi connectivity index (χ0n) is 61.5. The van der Waals surface area contributed by atoms with Crippen LogP contribution in [-0.2, 0) is 102 Å². The largest absolute Gasteiger partial charge is 0.481 e. The maximum absolute atomic E-state index is 15.0. The molecule has 1 saturated heterocycles. The Morgan fingerprint density at radius 1 is 0.640 bits per heavy atom. The second kappa shape index (κ2) is 45.3. The second-order valence-electron chi connectivity index (χ2n) is 26.8. The van der Waals surface area contributed by atoms with E-state index < -0.39 is 199 Å². The zero-order valence-corrected chi connectivity index (χ0v) is 63.9.